The third-order valence-electron chi connectivity index (χ3n) is 4.41. The maximum atomic E-state index is 12.7. The van der Waals surface area contributed by atoms with Crippen LogP contribution in [-0.2, 0) is 23.0 Å². The third-order valence-corrected chi connectivity index (χ3v) is 6.24. The van der Waals surface area contributed by atoms with Crippen molar-refractivity contribution in [2.45, 2.75) is 44.3 Å². The summed E-state index contributed by atoms with van der Waals surface area (Å²) in [7, 11) is -3.72. The molecule has 0 aromatic heterocycles. The van der Waals surface area contributed by atoms with E-state index in [9.17, 15) is 8.42 Å². The van der Waals surface area contributed by atoms with Crippen LogP contribution in [0.25, 0.3) is 0 Å². The average Bonchev–Trinajstić information content (AvgIpc) is 2.91. The zero-order valence-electron chi connectivity index (χ0n) is 12.4. The maximum absolute atomic E-state index is 12.7. The van der Waals surface area contributed by atoms with Crippen molar-refractivity contribution < 1.29 is 12.6 Å². The second-order valence-electron chi connectivity index (χ2n) is 6.04. The lowest BCUT2D eigenvalue weighted by Gasteiger charge is -2.26. The van der Waals surface area contributed by atoms with E-state index in [2.05, 4.69) is 6.07 Å². The van der Waals surface area contributed by atoms with Crippen molar-refractivity contribution in [3.05, 3.63) is 53.1 Å². The number of hydrogen-bond acceptors (Lipinski definition) is 3. The molecule has 112 valence electrons. The van der Waals surface area contributed by atoms with Crippen LogP contribution in [0.2, 0.25) is 0 Å². The van der Waals surface area contributed by atoms with Gasteiger partial charge in [0.1, 0.15) is 10.5 Å². The molecule has 0 radical (unpaired) electrons. The summed E-state index contributed by atoms with van der Waals surface area (Å²) in [5, 5.41) is 0. The van der Waals surface area contributed by atoms with E-state index in [1.165, 1.54) is 5.56 Å². The van der Waals surface area contributed by atoms with Crippen LogP contribution in [0.1, 0.15) is 36.5 Å². The topological polar surface area (TPSA) is 43.4 Å². The molecule has 1 unspecified atom stereocenters. The predicted molar refractivity (Wildman–Crippen MR) is 84.1 cm³/mol. The lowest BCUT2D eigenvalue weighted by molar-refractivity contribution is 0.453. The van der Waals surface area contributed by atoms with Crippen LogP contribution in [0.3, 0.4) is 0 Å². The van der Waals surface area contributed by atoms with Crippen molar-refractivity contribution >= 4 is 10.1 Å². The van der Waals surface area contributed by atoms with E-state index in [1.807, 2.05) is 25.1 Å². The Bertz CT molecular complexity index is 729. The molecule has 4 heteroatoms. The molecule has 0 spiro atoms. The molecule has 3 rings (SSSR count). The Morgan fingerprint density at radius 2 is 2.00 bits per heavy atom. The minimum absolute atomic E-state index is 0.444. The molecule has 2 aliphatic carbocycles. The smallest absolute Gasteiger partial charge is 0.318 e. The zero-order chi connectivity index (χ0) is 15.1. The highest BCUT2D eigenvalue weighted by Crippen LogP contribution is 2.37. The van der Waals surface area contributed by atoms with E-state index in [1.54, 1.807) is 19.1 Å². The van der Waals surface area contributed by atoms with Gasteiger partial charge in [-0.25, -0.2) is 0 Å². The number of fused-ring (bicyclic) bond motifs is 1. The van der Waals surface area contributed by atoms with Gasteiger partial charge in [0.15, 0.2) is 0 Å². The Balaban J connectivity index is 1.99. The van der Waals surface area contributed by atoms with E-state index in [-0.39, 0.29) is 0 Å². The monoisotopic (exact) mass is 304 g/mol. The molecule has 1 aromatic carbocycles. The Morgan fingerprint density at radius 1 is 1.19 bits per heavy atom. The van der Waals surface area contributed by atoms with E-state index in [4.69, 9.17) is 4.18 Å². The van der Waals surface area contributed by atoms with Crippen LogP contribution in [0, 0.1) is 6.92 Å². The molecule has 0 aliphatic heterocycles. The van der Waals surface area contributed by atoms with Gasteiger partial charge in [0.25, 0.3) is 0 Å². The second kappa shape index (κ2) is 5.02. The minimum Gasteiger partial charge on any atom is -0.381 e. The highest BCUT2D eigenvalue weighted by Gasteiger charge is 2.39. The van der Waals surface area contributed by atoms with E-state index in [0.717, 1.165) is 30.4 Å². The first-order valence-electron chi connectivity index (χ1n) is 7.33. The zero-order valence-corrected chi connectivity index (χ0v) is 13.2. The molecule has 2 aliphatic rings. The third kappa shape index (κ3) is 2.42. The molecule has 1 atom stereocenters. The van der Waals surface area contributed by atoms with Gasteiger partial charge in [0.2, 0.25) is 0 Å². The Morgan fingerprint density at radius 3 is 2.71 bits per heavy atom. The van der Waals surface area contributed by atoms with Crippen LogP contribution >= 0.6 is 0 Å². The summed E-state index contributed by atoms with van der Waals surface area (Å²) in [5.41, 5.74) is 3.17. The van der Waals surface area contributed by atoms with Crippen LogP contribution in [-0.4, -0.2) is 13.2 Å². The fraction of sp³-hybridized carbons (Fsp3) is 0.412. The van der Waals surface area contributed by atoms with Gasteiger partial charge in [0.05, 0.1) is 0 Å². The average molecular weight is 304 g/mol. The van der Waals surface area contributed by atoms with Gasteiger partial charge in [-0.15, -0.1) is 0 Å². The molecule has 0 amide bonds. The number of rotatable bonds is 3. The summed E-state index contributed by atoms with van der Waals surface area (Å²) in [6.07, 6.45) is 10.6. The Labute approximate surface area is 126 Å². The van der Waals surface area contributed by atoms with Crippen molar-refractivity contribution in [2.24, 2.45) is 0 Å². The molecule has 0 heterocycles. The van der Waals surface area contributed by atoms with Crippen LogP contribution < -0.4 is 4.18 Å². The van der Waals surface area contributed by atoms with Crippen molar-refractivity contribution in [1.82, 2.24) is 0 Å². The largest absolute Gasteiger partial charge is 0.381 e. The summed E-state index contributed by atoms with van der Waals surface area (Å²) >= 11 is 0. The fourth-order valence-corrected chi connectivity index (χ4v) is 4.15. The van der Waals surface area contributed by atoms with E-state index < -0.39 is 14.9 Å². The first-order chi connectivity index (χ1) is 9.93. The summed E-state index contributed by atoms with van der Waals surface area (Å²) < 4.78 is 30.1. The maximum Gasteiger partial charge on any atom is 0.318 e. The van der Waals surface area contributed by atoms with Gasteiger partial charge in [-0.2, -0.15) is 8.42 Å². The minimum atomic E-state index is -3.72. The molecule has 21 heavy (non-hydrogen) atoms. The first kappa shape index (κ1) is 14.4. The summed E-state index contributed by atoms with van der Waals surface area (Å²) in [6, 6.07) is 4.04. The van der Waals surface area contributed by atoms with Crippen molar-refractivity contribution in [1.29, 1.82) is 0 Å². The molecule has 1 aromatic rings. The van der Waals surface area contributed by atoms with Gasteiger partial charge in [-0.3, -0.25) is 0 Å². The van der Waals surface area contributed by atoms with E-state index >= 15 is 0 Å². The molecule has 0 saturated heterocycles. The predicted octanol–water partition coefficient (Wildman–Crippen LogP) is 3.47. The molecule has 0 saturated carbocycles. The van der Waals surface area contributed by atoms with Crippen LogP contribution in [0.15, 0.2) is 36.4 Å². The number of aryl methyl sites for hydroxylation is 2. The second-order valence-corrected chi connectivity index (χ2v) is 8.05. The van der Waals surface area contributed by atoms with Gasteiger partial charge in [-0.05, 0) is 56.2 Å². The number of hydrogen-bond donors (Lipinski definition) is 0. The van der Waals surface area contributed by atoms with Gasteiger partial charge in [-0.1, -0.05) is 36.4 Å². The standard InChI is InChI=1S/C17H20O3S/c1-13-9-10-14-7-6-8-15(14)16(13)20-21(18,19)17(2)11-4-3-5-12-17/h3-5,9-11H,6-8,12H2,1-2H3. The molecular formula is C17H20O3S. The van der Waals surface area contributed by atoms with Gasteiger partial charge in [0, 0.05) is 0 Å². The lowest BCUT2D eigenvalue weighted by Crippen LogP contribution is -2.37. The summed E-state index contributed by atoms with van der Waals surface area (Å²) in [6.45, 7) is 3.61. The molecule has 3 nitrogen and oxygen atoms in total. The van der Waals surface area contributed by atoms with Crippen molar-refractivity contribution in [3.63, 3.8) is 0 Å². The SMILES string of the molecule is Cc1ccc2c(c1OS(=O)(=O)C1(C)C=CC=CC1)CCC2. The van der Waals surface area contributed by atoms with Crippen molar-refractivity contribution in [3.8, 4) is 5.75 Å². The quantitative estimate of drug-likeness (QED) is 0.803. The number of allylic oxidation sites excluding steroid dienone is 3. The molecule has 0 N–H and O–H groups in total. The lowest BCUT2D eigenvalue weighted by atomic mass is 10.0. The van der Waals surface area contributed by atoms with Crippen LogP contribution in [0.5, 0.6) is 5.75 Å². The molecular weight excluding hydrogens is 284 g/mol. The van der Waals surface area contributed by atoms with Crippen LogP contribution in [0.4, 0.5) is 0 Å². The normalized spacial score (nSPS) is 24.1. The van der Waals surface area contributed by atoms with E-state index in [0.29, 0.717) is 12.2 Å². The highest BCUT2D eigenvalue weighted by atomic mass is 32.2. The summed E-state index contributed by atoms with van der Waals surface area (Å²) in [4.78, 5) is 0. The molecule has 0 fully saturated rings. The number of benzene rings is 1. The van der Waals surface area contributed by atoms with Gasteiger partial charge < -0.3 is 4.18 Å². The van der Waals surface area contributed by atoms with Crippen molar-refractivity contribution in [2.75, 3.05) is 0 Å². The fourth-order valence-electron chi connectivity index (χ4n) is 2.96. The molecule has 0 bridgehead atoms. The van der Waals surface area contributed by atoms with Gasteiger partial charge >= 0.3 is 10.1 Å². The Kier molecular flexibility index (Phi) is 3.44. The first-order valence-corrected chi connectivity index (χ1v) is 8.73. The summed E-state index contributed by atoms with van der Waals surface area (Å²) in [5.74, 6) is 0.550. The highest BCUT2D eigenvalue weighted by molar-refractivity contribution is 7.88. The Hall–Kier alpha value is -1.55.